The second-order valence-corrected chi connectivity index (χ2v) is 5.50. The maximum absolute atomic E-state index is 12.2. The summed E-state index contributed by atoms with van der Waals surface area (Å²) in [5, 5.41) is 3.43. The zero-order chi connectivity index (χ0) is 12.1. The molecular weight excluding hydrogens is 212 g/mol. The Bertz CT molecular complexity index is 249. The van der Waals surface area contributed by atoms with E-state index in [2.05, 4.69) is 17.1 Å². The molecule has 1 unspecified atom stereocenters. The molecule has 0 aromatic heterocycles. The summed E-state index contributed by atoms with van der Waals surface area (Å²) in [5.74, 6) is 0.372. The third kappa shape index (κ3) is 3.98. The topological polar surface area (TPSA) is 32.3 Å². The second kappa shape index (κ2) is 6.39. The van der Waals surface area contributed by atoms with Gasteiger partial charge in [-0.15, -0.1) is 0 Å². The first-order valence-corrected chi connectivity index (χ1v) is 7.34. The quantitative estimate of drug-likeness (QED) is 0.770. The van der Waals surface area contributed by atoms with Crippen LogP contribution >= 0.6 is 0 Å². The molecule has 1 aliphatic heterocycles. The van der Waals surface area contributed by atoms with E-state index in [0.717, 1.165) is 19.1 Å². The Morgan fingerprint density at radius 1 is 1.29 bits per heavy atom. The van der Waals surface area contributed by atoms with Crippen LogP contribution in [-0.4, -0.2) is 36.0 Å². The highest BCUT2D eigenvalue weighted by Gasteiger charge is 2.26. The first-order valence-electron chi connectivity index (χ1n) is 7.34. The van der Waals surface area contributed by atoms with Gasteiger partial charge in [-0.25, -0.2) is 0 Å². The van der Waals surface area contributed by atoms with Crippen LogP contribution in [0.25, 0.3) is 0 Å². The standard InChI is InChI=1S/C14H26N2O/c1-2-5-13-6-3-4-11-16(13)14(17)9-10-15-12-7-8-12/h12-13,15H,2-11H2,1H3. The average Bonchev–Trinajstić information content (AvgIpc) is 3.14. The predicted molar refractivity (Wildman–Crippen MR) is 69.9 cm³/mol. The van der Waals surface area contributed by atoms with Crippen molar-refractivity contribution in [3.63, 3.8) is 0 Å². The summed E-state index contributed by atoms with van der Waals surface area (Å²) in [5.41, 5.74) is 0. The van der Waals surface area contributed by atoms with Gasteiger partial charge in [-0.1, -0.05) is 13.3 Å². The first-order chi connectivity index (χ1) is 8.31. The van der Waals surface area contributed by atoms with Crippen LogP contribution in [0.3, 0.4) is 0 Å². The fourth-order valence-corrected chi connectivity index (χ4v) is 2.78. The number of nitrogens with zero attached hydrogens (tertiary/aromatic N) is 1. The highest BCUT2D eigenvalue weighted by atomic mass is 16.2. The Labute approximate surface area is 105 Å². The molecule has 3 nitrogen and oxygen atoms in total. The molecule has 1 amide bonds. The van der Waals surface area contributed by atoms with Gasteiger partial charge in [-0.3, -0.25) is 4.79 Å². The molecule has 0 bridgehead atoms. The average molecular weight is 238 g/mol. The molecule has 0 spiro atoms. The van der Waals surface area contributed by atoms with Gasteiger partial charge in [-0.05, 0) is 38.5 Å². The van der Waals surface area contributed by atoms with Gasteiger partial charge in [0.2, 0.25) is 5.91 Å². The Morgan fingerprint density at radius 3 is 2.82 bits per heavy atom. The van der Waals surface area contributed by atoms with Crippen LogP contribution in [0.2, 0.25) is 0 Å². The Kier molecular flexibility index (Phi) is 4.84. The van der Waals surface area contributed by atoms with E-state index in [0.29, 0.717) is 18.4 Å². The van der Waals surface area contributed by atoms with Crippen LogP contribution in [0.5, 0.6) is 0 Å². The van der Waals surface area contributed by atoms with E-state index >= 15 is 0 Å². The lowest BCUT2D eigenvalue weighted by Gasteiger charge is -2.36. The van der Waals surface area contributed by atoms with Crippen LogP contribution in [0.4, 0.5) is 0 Å². The predicted octanol–water partition coefficient (Wildman–Crippen LogP) is 2.31. The fraction of sp³-hybridized carbons (Fsp3) is 0.929. The Balaban J connectivity index is 1.73. The van der Waals surface area contributed by atoms with Crippen molar-refractivity contribution >= 4 is 5.91 Å². The van der Waals surface area contributed by atoms with Gasteiger partial charge < -0.3 is 10.2 Å². The summed E-state index contributed by atoms with van der Waals surface area (Å²) in [4.78, 5) is 14.3. The lowest BCUT2D eigenvalue weighted by Crippen LogP contribution is -2.44. The molecule has 1 saturated carbocycles. The van der Waals surface area contributed by atoms with Crippen molar-refractivity contribution < 1.29 is 4.79 Å². The highest BCUT2D eigenvalue weighted by molar-refractivity contribution is 5.76. The third-order valence-corrected chi connectivity index (χ3v) is 3.92. The zero-order valence-electron chi connectivity index (χ0n) is 11.1. The monoisotopic (exact) mass is 238 g/mol. The number of carbonyl (C=O) groups excluding carboxylic acids is 1. The number of hydrogen-bond donors (Lipinski definition) is 1. The van der Waals surface area contributed by atoms with Crippen LogP contribution in [0.1, 0.15) is 58.3 Å². The van der Waals surface area contributed by atoms with E-state index in [1.54, 1.807) is 0 Å². The molecule has 0 aromatic rings. The van der Waals surface area contributed by atoms with Crippen LogP contribution in [0, 0.1) is 0 Å². The number of piperidine rings is 1. The molecule has 17 heavy (non-hydrogen) atoms. The van der Waals surface area contributed by atoms with E-state index in [4.69, 9.17) is 0 Å². The molecule has 1 N–H and O–H groups in total. The van der Waals surface area contributed by atoms with Crippen LogP contribution in [-0.2, 0) is 4.79 Å². The summed E-state index contributed by atoms with van der Waals surface area (Å²) in [6.07, 6.45) is 9.38. The van der Waals surface area contributed by atoms with Gasteiger partial charge in [0.1, 0.15) is 0 Å². The zero-order valence-corrected chi connectivity index (χ0v) is 11.1. The summed E-state index contributed by atoms with van der Waals surface area (Å²) in [6, 6.07) is 1.25. The Morgan fingerprint density at radius 2 is 2.12 bits per heavy atom. The van der Waals surface area contributed by atoms with Crippen molar-refractivity contribution in [2.75, 3.05) is 13.1 Å². The second-order valence-electron chi connectivity index (χ2n) is 5.50. The normalized spacial score (nSPS) is 25.0. The number of rotatable bonds is 6. The van der Waals surface area contributed by atoms with E-state index in [1.807, 2.05) is 0 Å². The number of amides is 1. The molecule has 1 heterocycles. The van der Waals surface area contributed by atoms with E-state index in [-0.39, 0.29) is 0 Å². The van der Waals surface area contributed by atoms with Gasteiger partial charge in [0.15, 0.2) is 0 Å². The van der Waals surface area contributed by atoms with Crippen molar-refractivity contribution in [1.29, 1.82) is 0 Å². The molecule has 0 radical (unpaired) electrons. The molecule has 1 atom stereocenters. The lowest BCUT2D eigenvalue weighted by molar-refractivity contribution is -0.134. The summed E-state index contributed by atoms with van der Waals surface area (Å²) in [7, 11) is 0. The first kappa shape index (κ1) is 12.9. The van der Waals surface area contributed by atoms with Gasteiger partial charge in [0.05, 0.1) is 0 Å². The minimum atomic E-state index is 0.372. The number of hydrogen-bond acceptors (Lipinski definition) is 2. The van der Waals surface area contributed by atoms with Crippen molar-refractivity contribution in [2.45, 2.75) is 70.4 Å². The molecule has 1 saturated heterocycles. The maximum Gasteiger partial charge on any atom is 0.224 e. The third-order valence-electron chi connectivity index (χ3n) is 3.92. The molecule has 2 rings (SSSR count). The molecule has 2 aliphatic rings. The van der Waals surface area contributed by atoms with Crippen molar-refractivity contribution in [2.24, 2.45) is 0 Å². The largest absolute Gasteiger partial charge is 0.340 e. The van der Waals surface area contributed by atoms with Crippen LogP contribution in [0.15, 0.2) is 0 Å². The van der Waals surface area contributed by atoms with Crippen molar-refractivity contribution in [3.8, 4) is 0 Å². The number of carbonyl (C=O) groups is 1. The van der Waals surface area contributed by atoms with Crippen molar-refractivity contribution in [1.82, 2.24) is 10.2 Å². The molecule has 0 aromatic carbocycles. The molecule has 2 fully saturated rings. The summed E-state index contributed by atoms with van der Waals surface area (Å²) < 4.78 is 0. The number of likely N-dealkylation sites (tertiary alicyclic amines) is 1. The van der Waals surface area contributed by atoms with E-state index < -0.39 is 0 Å². The van der Waals surface area contributed by atoms with Gasteiger partial charge in [0, 0.05) is 31.6 Å². The smallest absolute Gasteiger partial charge is 0.224 e. The van der Waals surface area contributed by atoms with E-state index in [1.165, 1.54) is 44.9 Å². The highest BCUT2D eigenvalue weighted by Crippen LogP contribution is 2.22. The fourth-order valence-electron chi connectivity index (χ4n) is 2.78. The van der Waals surface area contributed by atoms with Crippen molar-refractivity contribution in [3.05, 3.63) is 0 Å². The number of nitrogens with one attached hydrogen (secondary N) is 1. The van der Waals surface area contributed by atoms with Crippen LogP contribution < -0.4 is 5.32 Å². The SMILES string of the molecule is CCCC1CCCCN1C(=O)CCNC1CC1. The molecule has 3 heteroatoms. The minimum absolute atomic E-state index is 0.372. The Hall–Kier alpha value is -0.570. The lowest BCUT2D eigenvalue weighted by atomic mass is 9.98. The summed E-state index contributed by atoms with van der Waals surface area (Å²) >= 11 is 0. The molecule has 98 valence electrons. The van der Waals surface area contributed by atoms with E-state index in [9.17, 15) is 4.79 Å². The van der Waals surface area contributed by atoms with Gasteiger partial charge >= 0.3 is 0 Å². The minimum Gasteiger partial charge on any atom is -0.340 e. The maximum atomic E-state index is 12.2. The summed E-state index contributed by atoms with van der Waals surface area (Å²) in [6.45, 7) is 4.08. The molecular formula is C14H26N2O. The molecule has 1 aliphatic carbocycles. The van der Waals surface area contributed by atoms with Gasteiger partial charge in [0.25, 0.3) is 0 Å². The van der Waals surface area contributed by atoms with Gasteiger partial charge in [-0.2, -0.15) is 0 Å².